The van der Waals surface area contributed by atoms with Crippen molar-refractivity contribution in [1.82, 2.24) is 4.31 Å². The Morgan fingerprint density at radius 1 is 1.18 bits per heavy atom. The topological polar surface area (TPSA) is 110 Å². The van der Waals surface area contributed by atoms with E-state index in [-0.39, 0.29) is 12.4 Å². The molecule has 152 valence electrons. The van der Waals surface area contributed by atoms with Gasteiger partial charge in [-0.2, -0.15) is 17.5 Å². The summed E-state index contributed by atoms with van der Waals surface area (Å²) < 4.78 is 90.2. The molecular formula is C16H16F3N3O4S2. The second kappa shape index (κ2) is 6.72. The van der Waals surface area contributed by atoms with Gasteiger partial charge in [0.1, 0.15) is 4.90 Å². The molecule has 0 radical (unpaired) electrons. The molecule has 3 rings (SSSR count). The Morgan fingerprint density at radius 2 is 1.79 bits per heavy atom. The third-order valence-corrected chi connectivity index (χ3v) is 7.33. The first-order chi connectivity index (χ1) is 12.8. The maximum absolute atomic E-state index is 13.3. The van der Waals surface area contributed by atoms with Crippen molar-refractivity contribution in [2.24, 2.45) is 5.14 Å². The summed E-state index contributed by atoms with van der Waals surface area (Å²) in [5, 5.41) is 7.53. The molecule has 1 aliphatic heterocycles. The minimum atomic E-state index is -5.03. The third kappa shape index (κ3) is 3.60. The maximum Gasteiger partial charge on any atom is 0.417 e. The standard InChI is InChI=1S/C16H16F3N3O4S2/c1-10(11-5-3-2-4-6-11)22-9-21-13-7-12(16(17,18)19)14(27(20,23)24)8-15(13)28(22,25)26/h2-8,10,21H,9H2,1H3,(H2,20,23,24). The normalized spacial score (nSPS) is 18.2. The number of hydrogen-bond donors (Lipinski definition) is 2. The van der Waals surface area contributed by atoms with E-state index in [0.717, 1.165) is 4.31 Å². The van der Waals surface area contributed by atoms with Crippen LogP contribution < -0.4 is 10.5 Å². The fourth-order valence-electron chi connectivity index (χ4n) is 2.99. The van der Waals surface area contributed by atoms with Crippen LogP contribution in [-0.4, -0.2) is 27.8 Å². The first kappa shape index (κ1) is 20.6. The van der Waals surface area contributed by atoms with Crippen LogP contribution in [0.2, 0.25) is 0 Å². The van der Waals surface area contributed by atoms with Crippen molar-refractivity contribution < 1.29 is 30.0 Å². The van der Waals surface area contributed by atoms with Crippen LogP contribution in [0.1, 0.15) is 24.1 Å². The van der Waals surface area contributed by atoms with E-state index in [1.165, 1.54) is 0 Å². The molecule has 0 saturated heterocycles. The smallest absolute Gasteiger partial charge is 0.370 e. The Labute approximate surface area is 160 Å². The third-order valence-electron chi connectivity index (χ3n) is 4.42. The lowest BCUT2D eigenvalue weighted by Crippen LogP contribution is -2.41. The number of nitrogens with one attached hydrogen (secondary N) is 1. The molecule has 28 heavy (non-hydrogen) atoms. The predicted molar refractivity (Wildman–Crippen MR) is 95.2 cm³/mol. The number of benzene rings is 2. The van der Waals surface area contributed by atoms with Gasteiger partial charge in [0.15, 0.2) is 0 Å². The number of nitrogens with two attached hydrogens (primary N) is 1. The maximum atomic E-state index is 13.3. The Kier molecular flexibility index (Phi) is 4.94. The van der Waals surface area contributed by atoms with Crippen LogP contribution in [0.4, 0.5) is 18.9 Å². The molecule has 3 N–H and O–H groups in total. The summed E-state index contributed by atoms with van der Waals surface area (Å²) in [6, 6.07) is 8.88. The summed E-state index contributed by atoms with van der Waals surface area (Å²) in [4.78, 5) is -1.88. The Bertz CT molecular complexity index is 1120. The van der Waals surface area contributed by atoms with Crippen LogP contribution in [-0.2, 0) is 26.2 Å². The molecule has 1 heterocycles. The molecule has 0 saturated carbocycles. The number of primary sulfonamides is 1. The molecule has 0 bridgehead atoms. The zero-order valence-corrected chi connectivity index (χ0v) is 16.1. The molecule has 0 amide bonds. The van der Waals surface area contributed by atoms with Gasteiger partial charge in [-0.25, -0.2) is 22.0 Å². The fourth-order valence-corrected chi connectivity index (χ4v) is 5.53. The number of fused-ring (bicyclic) bond motifs is 1. The van der Waals surface area contributed by atoms with Gasteiger partial charge in [-0.1, -0.05) is 30.3 Å². The SMILES string of the molecule is CC(c1ccccc1)N1CNc2cc(C(F)(F)F)c(S(N)(=O)=O)cc2S1(=O)=O. The minimum Gasteiger partial charge on any atom is -0.370 e. The number of hydrogen-bond acceptors (Lipinski definition) is 5. The zero-order valence-electron chi connectivity index (χ0n) is 14.4. The summed E-state index contributed by atoms with van der Waals surface area (Å²) >= 11 is 0. The van der Waals surface area contributed by atoms with Crippen LogP contribution in [0.5, 0.6) is 0 Å². The highest BCUT2D eigenvalue weighted by molar-refractivity contribution is 7.90. The molecule has 0 aromatic heterocycles. The number of rotatable bonds is 3. The largest absolute Gasteiger partial charge is 0.417 e. The molecule has 12 heteroatoms. The lowest BCUT2D eigenvalue weighted by Gasteiger charge is -2.34. The highest BCUT2D eigenvalue weighted by Crippen LogP contribution is 2.41. The van der Waals surface area contributed by atoms with Gasteiger partial charge < -0.3 is 5.32 Å². The molecule has 0 spiro atoms. The van der Waals surface area contributed by atoms with Gasteiger partial charge in [0, 0.05) is 6.04 Å². The lowest BCUT2D eigenvalue weighted by atomic mass is 10.1. The number of alkyl halides is 3. The Morgan fingerprint density at radius 3 is 2.32 bits per heavy atom. The number of nitrogens with zero attached hydrogens (tertiary/aromatic N) is 1. The molecule has 0 fully saturated rings. The Balaban J connectivity index is 2.18. The quantitative estimate of drug-likeness (QED) is 0.770. The second-order valence-corrected chi connectivity index (χ2v) is 9.59. The molecule has 2 aromatic rings. The molecule has 7 nitrogen and oxygen atoms in total. The van der Waals surface area contributed by atoms with E-state index < -0.39 is 47.6 Å². The minimum absolute atomic E-state index is 0.280. The van der Waals surface area contributed by atoms with Crippen molar-refractivity contribution in [3.8, 4) is 0 Å². The molecule has 2 aromatic carbocycles. The van der Waals surface area contributed by atoms with Gasteiger partial charge in [0.05, 0.1) is 22.8 Å². The van der Waals surface area contributed by atoms with Gasteiger partial charge >= 0.3 is 6.18 Å². The van der Waals surface area contributed by atoms with Crippen molar-refractivity contribution in [3.05, 3.63) is 53.6 Å². The van der Waals surface area contributed by atoms with Crippen molar-refractivity contribution in [1.29, 1.82) is 0 Å². The summed E-state index contributed by atoms with van der Waals surface area (Å²) in [6.07, 6.45) is -5.03. The van der Waals surface area contributed by atoms with Crippen LogP contribution in [0.15, 0.2) is 52.3 Å². The summed E-state index contributed by atoms with van der Waals surface area (Å²) in [6.45, 7) is 1.33. The zero-order chi connectivity index (χ0) is 20.9. The summed E-state index contributed by atoms with van der Waals surface area (Å²) in [5.74, 6) is 0. The average molecular weight is 435 g/mol. The van der Waals surface area contributed by atoms with Gasteiger partial charge in [0.2, 0.25) is 20.0 Å². The van der Waals surface area contributed by atoms with E-state index in [0.29, 0.717) is 17.7 Å². The predicted octanol–water partition coefficient (Wildman–Crippen LogP) is 2.49. The van der Waals surface area contributed by atoms with Gasteiger partial charge in [0.25, 0.3) is 0 Å². The van der Waals surface area contributed by atoms with E-state index in [1.54, 1.807) is 37.3 Å². The molecule has 1 aliphatic rings. The van der Waals surface area contributed by atoms with Crippen LogP contribution >= 0.6 is 0 Å². The number of sulfonamides is 2. The summed E-state index contributed by atoms with van der Waals surface area (Å²) in [7, 11) is -9.11. The first-order valence-corrected chi connectivity index (χ1v) is 10.9. The first-order valence-electron chi connectivity index (χ1n) is 7.92. The van der Waals surface area contributed by atoms with E-state index in [1.807, 2.05) is 0 Å². The lowest BCUT2D eigenvalue weighted by molar-refractivity contribution is -0.139. The van der Waals surface area contributed by atoms with Crippen LogP contribution in [0.3, 0.4) is 0 Å². The molecule has 0 aliphatic carbocycles. The van der Waals surface area contributed by atoms with Crippen molar-refractivity contribution >= 4 is 25.7 Å². The van der Waals surface area contributed by atoms with Gasteiger partial charge in [-0.05, 0) is 24.6 Å². The Hall–Kier alpha value is -2.15. The van der Waals surface area contributed by atoms with E-state index >= 15 is 0 Å². The average Bonchev–Trinajstić information content (AvgIpc) is 2.59. The van der Waals surface area contributed by atoms with Crippen molar-refractivity contribution in [2.75, 3.05) is 12.0 Å². The molecular weight excluding hydrogens is 419 g/mol. The number of anilines is 1. The molecule has 1 atom stereocenters. The van der Waals surface area contributed by atoms with Crippen molar-refractivity contribution in [3.63, 3.8) is 0 Å². The van der Waals surface area contributed by atoms with Crippen molar-refractivity contribution in [2.45, 2.75) is 28.9 Å². The number of halogens is 3. The highest BCUT2D eigenvalue weighted by atomic mass is 32.2. The van der Waals surface area contributed by atoms with E-state index in [9.17, 15) is 30.0 Å². The molecule has 1 unspecified atom stereocenters. The van der Waals surface area contributed by atoms with Gasteiger partial charge in [-0.3, -0.25) is 0 Å². The van der Waals surface area contributed by atoms with Gasteiger partial charge in [-0.15, -0.1) is 0 Å². The fraction of sp³-hybridized carbons (Fsp3) is 0.250. The van der Waals surface area contributed by atoms with Crippen LogP contribution in [0, 0.1) is 0 Å². The van der Waals surface area contributed by atoms with E-state index in [2.05, 4.69) is 5.32 Å². The van der Waals surface area contributed by atoms with Crippen LogP contribution in [0.25, 0.3) is 0 Å². The summed E-state index contributed by atoms with van der Waals surface area (Å²) in [5.41, 5.74) is -1.20. The second-order valence-electron chi connectivity index (χ2n) is 6.20. The highest BCUT2D eigenvalue weighted by Gasteiger charge is 2.42. The monoisotopic (exact) mass is 435 g/mol. The van der Waals surface area contributed by atoms with E-state index in [4.69, 9.17) is 5.14 Å².